The molecule has 0 unspecified atom stereocenters. The van der Waals surface area contributed by atoms with Gasteiger partial charge in [-0.15, -0.1) is 0 Å². The van der Waals surface area contributed by atoms with Gasteiger partial charge in [0.1, 0.15) is 29.5 Å². The summed E-state index contributed by atoms with van der Waals surface area (Å²) in [4.78, 5) is 28.0. The topological polar surface area (TPSA) is 70.0 Å². The molecule has 2 aromatic carbocycles. The highest BCUT2D eigenvalue weighted by Crippen LogP contribution is 2.26. The molecule has 8 heteroatoms. The summed E-state index contributed by atoms with van der Waals surface area (Å²) in [6, 6.07) is 15.1. The number of fused-ring (bicyclic) bond motifs is 1. The highest BCUT2D eigenvalue weighted by atomic mass is 19.1. The van der Waals surface area contributed by atoms with Crippen molar-refractivity contribution in [1.29, 1.82) is 0 Å². The highest BCUT2D eigenvalue weighted by molar-refractivity contribution is 5.93. The SMILES string of the molecule is CCOc1ccccc1CN1CCc2c(C(=O)OC)c(OCc3ccc(F)cc3)cc(=O)n2CC1. The molecule has 0 N–H and O–H groups in total. The minimum absolute atomic E-state index is 0.0908. The van der Waals surface area contributed by atoms with E-state index in [4.69, 9.17) is 14.2 Å². The molecule has 1 aliphatic rings. The Morgan fingerprint density at radius 3 is 2.51 bits per heavy atom. The molecule has 0 saturated carbocycles. The van der Waals surface area contributed by atoms with E-state index in [1.807, 2.05) is 31.2 Å². The standard InChI is InChI=1S/C27H29FN2O5/c1-3-34-23-7-5-4-6-20(23)17-29-13-12-22-26(27(32)33-2)24(16-25(31)30(22)15-14-29)35-18-19-8-10-21(28)11-9-19/h4-11,16H,3,12-15,17-18H2,1-2H3. The minimum atomic E-state index is -0.557. The molecule has 0 aliphatic carbocycles. The van der Waals surface area contributed by atoms with Crippen LogP contribution in [0.4, 0.5) is 4.39 Å². The molecule has 0 fully saturated rings. The average Bonchev–Trinajstić information content (AvgIpc) is 3.08. The van der Waals surface area contributed by atoms with Crippen molar-refractivity contribution in [1.82, 2.24) is 9.47 Å². The van der Waals surface area contributed by atoms with E-state index in [1.54, 1.807) is 16.7 Å². The molecule has 0 bridgehead atoms. The summed E-state index contributed by atoms with van der Waals surface area (Å²) in [6.07, 6.45) is 0.476. The third kappa shape index (κ3) is 5.71. The lowest BCUT2D eigenvalue weighted by Crippen LogP contribution is -2.29. The van der Waals surface area contributed by atoms with Crippen LogP contribution < -0.4 is 15.0 Å². The van der Waals surface area contributed by atoms with E-state index in [1.165, 1.54) is 25.3 Å². The van der Waals surface area contributed by atoms with E-state index < -0.39 is 5.97 Å². The van der Waals surface area contributed by atoms with Crippen LogP contribution >= 0.6 is 0 Å². The average molecular weight is 481 g/mol. The summed E-state index contributed by atoms with van der Waals surface area (Å²) in [5, 5.41) is 0. The fraction of sp³-hybridized carbons (Fsp3) is 0.333. The number of carbonyl (C=O) groups is 1. The van der Waals surface area contributed by atoms with E-state index in [0.717, 1.165) is 16.9 Å². The monoisotopic (exact) mass is 480 g/mol. The predicted octanol–water partition coefficient (Wildman–Crippen LogP) is 3.81. The highest BCUT2D eigenvalue weighted by Gasteiger charge is 2.26. The Bertz CT molecular complexity index is 1240. The van der Waals surface area contributed by atoms with Crippen LogP contribution in [0.1, 0.15) is 34.1 Å². The fourth-order valence-electron chi connectivity index (χ4n) is 4.30. The normalized spacial score (nSPS) is 13.6. The maximum atomic E-state index is 13.2. The number of ether oxygens (including phenoxy) is 3. The number of hydrogen-bond acceptors (Lipinski definition) is 6. The first-order chi connectivity index (χ1) is 17.0. The number of pyridine rings is 1. The van der Waals surface area contributed by atoms with Crippen LogP contribution in [0.25, 0.3) is 0 Å². The number of benzene rings is 2. The summed E-state index contributed by atoms with van der Waals surface area (Å²) in [5.41, 5.74) is 2.41. The van der Waals surface area contributed by atoms with Gasteiger partial charge in [0.2, 0.25) is 0 Å². The van der Waals surface area contributed by atoms with Crippen molar-refractivity contribution >= 4 is 5.97 Å². The van der Waals surface area contributed by atoms with E-state index in [9.17, 15) is 14.0 Å². The van der Waals surface area contributed by atoms with E-state index in [0.29, 0.717) is 44.9 Å². The first-order valence-corrected chi connectivity index (χ1v) is 11.7. The summed E-state index contributed by atoms with van der Waals surface area (Å²) < 4.78 is 31.5. The Morgan fingerprint density at radius 1 is 1.00 bits per heavy atom. The van der Waals surface area contributed by atoms with Crippen LogP contribution in [-0.2, 0) is 30.9 Å². The van der Waals surface area contributed by atoms with Gasteiger partial charge < -0.3 is 18.8 Å². The first kappa shape index (κ1) is 24.5. The second-order valence-corrected chi connectivity index (χ2v) is 8.29. The van der Waals surface area contributed by atoms with Gasteiger partial charge in [0.05, 0.1) is 13.7 Å². The Kier molecular flexibility index (Phi) is 7.82. The lowest BCUT2D eigenvalue weighted by atomic mass is 10.1. The molecule has 35 heavy (non-hydrogen) atoms. The molecule has 1 aliphatic heterocycles. The van der Waals surface area contributed by atoms with Crippen molar-refractivity contribution in [3.63, 3.8) is 0 Å². The van der Waals surface area contributed by atoms with Crippen molar-refractivity contribution in [2.45, 2.75) is 33.0 Å². The van der Waals surface area contributed by atoms with Gasteiger partial charge >= 0.3 is 5.97 Å². The van der Waals surface area contributed by atoms with Crippen molar-refractivity contribution in [3.8, 4) is 11.5 Å². The number of nitrogens with zero attached hydrogens (tertiary/aromatic N) is 2. The predicted molar refractivity (Wildman–Crippen MR) is 129 cm³/mol. The van der Waals surface area contributed by atoms with E-state index in [-0.39, 0.29) is 29.3 Å². The molecule has 4 rings (SSSR count). The van der Waals surface area contributed by atoms with Crippen molar-refractivity contribution < 1.29 is 23.4 Å². The van der Waals surface area contributed by atoms with Gasteiger partial charge in [-0.2, -0.15) is 0 Å². The van der Waals surface area contributed by atoms with Gasteiger partial charge in [0, 0.05) is 49.9 Å². The van der Waals surface area contributed by atoms with Gasteiger partial charge in [-0.25, -0.2) is 9.18 Å². The quantitative estimate of drug-likeness (QED) is 0.457. The lowest BCUT2D eigenvalue weighted by Gasteiger charge is -2.21. The van der Waals surface area contributed by atoms with Crippen molar-refractivity contribution in [3.05, 3.63) is 93.2 Å². The van der Waals surface area contributed by atoms with E-state index >= 15 is 0 Å². The third-order valence-electron chi connectivity index (χ3n) is 6.05. The Balaban J connectivity index is 1.59. The van der Waals surface area contributed by atoms with Gasteiger partial charge in [-0.3, -0.25) is 9.69 Å². The zero-order chi connectivity index (χ0) is 24.8. The molecule has 0 atom stereocenters. The third-order valence-corrected chi connectivity index (χ3v) is 6.05. The maximum absolute atomic E-state index is 13.2. The molecule has 7 nitrogen and oxygen atoms in total. The second-order valence-electron chi connectivity index (χ2n) is 8.29. The smallest absolute Gasteiger partial charge is 0.343 e. The van der Waals surface area contributed by atoms with Gasteiger partial charge in [0.25, 0.3) is 5.56 Å². The molecule has 2 heterocycles. The zero-order valence-corrected chi connectivity index (χ0v) is 20.0. The molecule has 0 saturated heterocycles. The van der Waals surface area contributed by atoms with Crippen molar-refractivity contribution in [2.75, 3.05) is 26.8 Å². The Hall–Kier alpha value is -3.65. The lowest BCUT2D eigenvalue weighted by molar-refractivity contribution is 0.0592. The number of aromatic nitrogens is 1. The number of para-hydroxylation sites is 1. The molecule has 0 radical (unpaired) electrons. The van der Waals surface area contributed by atoms with Crippen LogP contribution in [-0.4, -0.2) is 42.2 Å². The number of carbonyl (C=O) groups excluding carboxylic acids is 1. The summed E-state index contributed by atoms with van der Waals surface area (Å²) in [6.45, 7) is 5.02. The molecular formula is C27H29FN2O5. The number of halogens is 1. The van der Waals surface area contributed by atoms with Crippen LogP contribution in [0.2, 0.25) is 0 Å². The molecule has 0 amide bonds. The molecule has 0 spiro atoms. The maximum Gasteiger partial charge on any atom is 0.343 e. The molecule has 1 aromatic heterocycles. The Labute approximate surface area is 203 Å². The molecule has 184 valence electrons. The molecule has 3 aromatic rings. The number of rotatable bonds is 8. The van der Waals surface area contributed by atoms with Crippen LogP contribution in [0.3, 0.4) is 0 Å². The Morgan fingerprint density at radius 2 is 1.77 bits per heavy atom. The number of hydrogen-bond donors (Lipinski definition) is 0. The summed E-state index contributed by atoms with van der Waals surface area (Å²) >= 11 is 0. The number of methoxy groups -OCH3 is 1. The van der Waals surface area contributed by atoms with Crippen LogP contribution in [0, 0.1) is 5.82 Å². The van der Waals surface area contributed by atoms with Gasteiger partial charge in [-0.1, -0.05) is 30.3 Å². The summed E-state index contributed by atoms with van der Waals surface area (Å²) in [5.74, 6) is 0.118. The van der Waals surface area contributed by atoms with Gasteiger partial charge in [0.15, 0.2) is 0 Å². The fourth-order valence-corrected chi connectivity index (χ4v) is 4.30. The molecular weight excluding hydrogens is 451 g/mol. The minimum Gasteiger partial charge on any atom is -0.494 e. The van der Waals surface area contributed by atoms with Crippen LogP contribution in [0.5, 0.6) is 11.5 Å². The zero-order valence-electron chi connectivity index (χ0n) is 20.0. The first-order valence-electron chi connectivity index (χ1n) is 11.7. The summed E-state index contributed by atoms with van der Waals surface area (Å²) in [7, 11) is 1.31. The van der Waals surface area contributed by atoms with Crippen LogP contribution in [0.15, 0.2) is 59.4 Å². The van der Waals surface area contributed by atoms with Gasteiger partial charge in [-0.05, 0) is 30.7 Å². The van der Waals surface area contributed by atoms with E-state index in [2.05, 4.69) is 4.90 Å². The largest absolute Gasteiger partial charge is 0.494 e. The van der Waals surface area contributed by atoms with Crippen molar-refractivity contribution in [2.24, 2.45) is 0 Å². The second kappa shape index (κ2) is 11.2. The number of esters is 1.